The second-order valence-electron chi connectivity index (χ2n) is 6.64. The van der Waals surface area contributed by atoms with Gasteiger partial charge in [0.15, 0.2) is 17.7 Å². The molecule has 1 aliphatic heterocycles. The summed E-state index contributed by atoms with van der Waals surface area (Å²) in [6.07, 6.45) is -2.76. The molecule has 0 aliphatic carbocycles. The Morgan fingerprint density at radius 3 is 2.68 bits per heavy atom. The van der Waals surface area contributed by atoms with Crippen LogP contribution >= 0.6 is 7.82 Å². The van der Waals surface area contributed by atoms with Crippen LogP contribution in [0.4, 0.5) is 5.82 Å². The number of aromatic nitrogens is 4. The van der Waals surface area contributed by atoms with Crippen molar-refractivity contribution in [2.24, 2.45) is 0 Å². The van der Waals surface area contributed by atoms with Gasteiger partial charge in [0.25, 0.3) is 0 Å². The van der Waals surface area contributed by atoms with Crippen molar-refractivity contribution in [2.45, 2.75) is 24.5 Å². The molecule has 3 heterocycles. The number of benzene rings is 1. The van der Waals surface area contributed by atoms with Crippen LogP contribution in [0, 0.1) is 0 Å². The van der Waals surface area contributed by atoms with Gasteiger partial charge in [-0.2, -0.15) is 0 Å². The van der Waals surface area contributed by atoms with Crippen molar-refractivity contribution < 1.29 is 38.3 Å². The summed E-state index contributed by atoms with van der Waals surface area (Å²) in [7, 11) is -4.82. The minimum Gasteiger partial charge on any atom is -0.387 e. The fourth-order valence-electron chi connectivity index (χ4n) is 3.08. The molecule has 31 heavy (non-hydrogen) atoms. The van der Waals surface area contributed by atoms with Gasteiger partial charge < -0.3 is 25.2 Å². The Balaban J connectivity index is 1.43. The first-order valence-corrected chi connectivity index (χ1v) is 10.5. The van der Waals surface area contributed by atoms with E-state index in [0.29, 0.717) is 0 Å². The number of imidazole rings is 1. The summed E-state index contributed by atoms with van der Waals surface area (Å²) in [5, 5.41) is 20.7. The van der Waals surface area contributed by atoms with Gasteiger partial charge in [0.05, 0.1) is 18.5 Å². The summed E-state index contributed by atoms with van der Waals surface area (Å²) in [5.41, 5.74) is 6.33. The van der Waals surface area contributed by atoms with E-state index >= 15 is 0 Å². The number of anilines is 1. The van der Waals surface area contributed by atoms with Crippen LogP contribution in [-0.4, -0.2) is 65.5 Å². The normalized spacial score (nSPS) is 25.4. The average Bonchev–Trinajstić information content (AvgIpc) is 3.29. The summed E-state index contributed by atoms with van der Waals surface area (Å²) in [5.74, 6) is -0.933. The molecule has 1 unspecified atom stereocenters. The van der Waals surface area contributed by atoms with E-state index in [1.165, 1.54) is 29.4 Å². The largest absolute Gasteiger partial charge is 0.529 e. The Labute approximate surface area is 174 Å². The molecule has 0 spiro atoms. The van der Waals surface area contributed by atoms with E-state index in [1.54, 1.807) is 18.2 Å². The van der Waals surface area contributed by atoms with Crippen LogP contribution in [0.25, 0.3) is 11.2 Å². The van der Waals surface area contributed by atoms with E-state index in [1.807, 2.05) is 0 Å². The Kier molecular flexibility index (Phi) is 5.71. The van der Waals surface area contributed by atoms with Crippen molar-refractivity contribution in [1.29, 1.82) is 0 Å². The molecule has 14 heteroatoms. The van der Waals surface area contributed by atoms with Crippen LogP contribution in [0.1, 0.15) is 16.6 Å². The van der Waals surface area contributed by atoms with Crippen LogP contribution in [0.5, 0.6) is 0 Å². The first kappa shape index (κ1) is 21.3. The summed E-state index contributed by atoms with van der Waals surface area (Å²) >= 11 is 0. The molecule has 0 saturated carbocycles. The van der Waals surface area contributed by atoms with Gasteiger partial charge in [-0.3, -0.25) is 14.0 Å². The zero-order chi connectivity index (χ0) is 22.2. The Morgan fingerprint density at radius 2 is 1.94 bits per heavy atom. The minimum absolute atomic E-state index is 0.0567. The lowest BCUT2D eigenvalue weighted by Gasteiger charge is -2.17. The summed E-state index contributed by atoms with van der Waals surface area (Å²) < 4.78 is 28.4. The van der Waals surface area contributed by atoms with Gasteiger partial charge >= 0.3 is 13.8 Å². The van der Waals surface area contributed by atoms with E-state index in [2.05, 4.69) is 19.5 Å². The van der Waals surface area contributed by atoms with Gasteiger partial charge in [0.1, 0.15) is 30.2 Å². The number of carbonyl (C=O) groups excluding carboxylic acids is 1. The van der Waals surface area contributed by atoms with Gasteiger partial charge in [-0.1, -0.05) is 18.2 Å². The zero-order valence-electron chi connectivity index (χ0n) is 15.8. The number of phosphoric acid groups is 1. The van der Waals surface area contributed by atoms with E-state index in [-0.39, 0.29) is 22.5 Å². The fourth-order valence-corrected chi connectivity index (χ4v) is 3.78. The van der Waals surface area contributed by atoms with Crippen molar-refractivity contribution >= 4 is 30.8 Å². The molecule has 1 aliphatic rings. The summed E-state index contributed by atoms with van der Waals surface area (Å²) in [6.45, 7) is -0.645. The van der Waals surface area contributed by atoms with Crippen LogP contribution in [-0.2, 0) is 18.3 Å². The maximum atomic E-state index is 12.1. The van der Waals surface area contributed by atoms with Crippen molar-refractivity contribution in [2.75, 3.05) is 12.3 Å². The SMILES string of the molecule is Nc1ncnc2c1ncn2[C@@H]1O[C@H](COP(=O)(O)OC(=O)c2ccccc2)[C@@H](O)[C@H]1O. The summed E-state index contributed by atoms with van der Waals surface area (Å²) in [6, 6.07) is 7.58. The van der Waals surface area contributed by atoms with E-state index in [4.69, 9.17) is 15.0 Å². The van der Waals surface area contributed by atoms with E-state index in [9.17, 15) is 24.5 Å². The first-order chi connectivity index (χ1) is 14.8. The molecule has 3 aromatic rings. The molecule has 0 radical (unpaired) electrons. The molecule has 1 aromatic carbocycles. The third kappa shape index (κ3) is 4.28. The van der Waals surface area contributed by atoms with Gasteiger partial charge in [0, 0.05) is 0 Å². The highest BCUT2D eigenvalue weighted by molar-refractivity contribution is 7.48. The highest BCUT2D eigenvalue weighted by Gasteiger charge is 2.45. The van der Waals surface area contributed by atoms with Gasteiger partial charge in [-0.25, -0.2) is 24.3 Å². The van der Waals surface area contributed by atoms with Crippen LogP contribution in [0.2, 0.25) is 0 Å². The Hall–Kier alpha value is -2.93. The lowest BCUT2D eigenvalue weighted by Crippen LogP contribution is -2.33. The van der Waals surface area contributed by atoms with Crippen molar-refractivity contribution in [3.63, 3.8) is 0 Å². The second kappa shape index (κ2) is 8.30. The number of rotatable bonds is 6. The third-order valence-electron chi connectivity index (χ3n) is 4.61. The molecular formula is C17H18N5O8P. The number of hydrogen-bond acceptors (Lipinski definition) is 11. The Bertz CT molecular complexity index is 1140. The van der Waals surface area contributed by atoms with Crippen LogP contribution in [0.3, 0.4) is 0 Å². The number of hydrogen-bond donors (Lipinski definition) is 4. The molecule has 0 bridgehead atoms. The number of carbonyl (C=O) groups is 1. The maximum absolute atomic E-state index is 12.1. The van der Waals surface area contributed by atoms with Crippen molar-refractivity contribution in [1.82, 2.24) is 19.5 Å². The molecule has 4 rings (SSSR count). The molecule has 0 amide bonds. The molecule has 164 valence electrons. The molecule has 13 nitrogen and oxygen atoms in total. The number of nitrogens with two attached hydrogens (primary N) is 1. The lowest BCUT2D eigenvalue weighted by atomic mass is 10.1. The van der Waals surface area contributed by atoms with Crippen LogP contribution < -0.4 is 5.73 Å². The molecular weight excluding hydrogens is 433 g/mol. The molecule has 1 fully saturated rings. The van der Waals surface area contributed by atoms with Gasteiger partial charge in [-0.15, -0.1) is 0 Å². The maximum Gasteiger partial charge on any atom is 0.529 e. The van der Waals surface area contributed by atoms with Gasteiger partial charge in [-0.05, 0) is 12.1 Å². The topological polar surface area (TPSA) is 192 Å². The number of nitrogen functional groups attached to an aromatic ring is 1. The number of ether oxygens (including phenoxy) is 1. The molecule has 5 N–H and O–H groups in total. The van der Waals surface area contributed by atoms with Crippen molar-refractivity contribution in [3.8, 4) is 0 Å². The third-order valence-corrected chi connectivity index (χ3v) is 5.48. The molecule has 5 atom stereocenters. The second-order valence-corrected chi connectivity index (χ2v) is 8.02. The lowest BCUT2D eigenvalue weighted by molar-refractivity contribution is -0.0508. The quantitative estimate of drug-likeness (QED) is 0.367. The molecule has 1 saturated heterocycles. The smallest absolute Gasteiger partial charge is 0.387 e. The molecule has 2 aromatic heterocycles. The number of aliphatic hydroxyl groups excluding tert-OH is 2. The highest BCUT2D eigenvalue weighted by atomic mass is 31.2. The van der Waals surface area contributed by atoms with E-state index < -0.39 is 44.9 Å². The number of fused-ring (bicyclic) bond motifs is 1. The standard InChI is InChI=1S/C17H18N5O8P/c18-14-11-15(20-7-19-14)22(8-21-11)16-13(24)12(23)10(29-16)6-28-31(26,27)30-17(25)9-4-2-1-3-5-9/h1-5,7-8,10,12-13,16,23-24H,6H2,(H,26,27)(H2,18,19,20)/t10-,12-,13-,16-/m1/s1. The first-order valence-electron chi connectivity index (χ1n) is 8.98. The number of aliphatic hydroxyl groups is 2. The number of nitrogens with zero attached hydrogens (tertiary/aromatic N) is 4. The predicted octanol–water partition coefficient (Wildman–Crippen LogP) is 0.00170. The van der Waals surface area contributed by atoms with E-state index in [0.717, 1.165) is 0 Å². The predicted molar refractivity (Wildman–Crippen MR) is 103 cm³/mol. The van der Waals surface area contributed by atoms with Crippen molar-refractivity contribution in [3.05, 3.63) is 48.5 Å². The monoisotopic (exact) mass is 451 g/mol. The van der Waals surface area contributed by atoms with Crippen LogP contribution in [0.15, 0.2) is 43.0 Å². The average molecular weight is 451 g/mol. The fraction of sp³-hybridized carbons (Fsp3) is 0.294. The zero-order valence-corrected chi connectivity index (χ0v) is 16.6. The van der Waals surface area contributed by atoms with Gasteiger partial charge in [0.2, 0.25) is 0 Å². The highest BCUT2D eigenvalue weighted by Crippen LogP contribution is 2.45. The summed E-state index contributed by atoms with van der Waals surface area (Å²) in [4.78, 5) is 33.7. The minimum atomic E-state index is -4.82. The number of phosphoric ester groups is 1. The Morgan fingerprint density at radius 1 is 1.19 bits per heavy atom.